The normalized spacial score (nSPS) is 12.2. The molecule has 0 aliphatic carbocycles. The Bertz CT molecular complexity index is 508. The zero-order valence-electron chi connectivity index (χ0n) is 8.84. The molecule has 0 saturated carbocycles. The second-order valence-corrected chi connectivity index (χ2v) is 3.66. The van der Waals surface area contributed by atoms with Gasteiger partial charge in [-0.2, -0.15) is 0 Å². The second kappa shape index (κ2) is 3.83. The van der Waals surface area contributed by atoms with E-state index < -0.39 is 5.92 Å². The van der Waals surface area contributed by atoms with Crippen molar-refractivity contribution in [1.29, 1.82) is 0 Å². The van der Waals surface area contributed by atoms with Gasteiger partial charge in [-0.15, -0.1) is 0 Å². The number of rotatable bonds is 3. The third kappa shape index (κ3) is 1.90. The van der Waals surface area contributed by atoms with E-state index in [4.69, 9.17) is 10.2 Å². The molecule has 1 heterocycles. The monoisotopic (exact) mass is 226 g/mol. The van der Waals surface area contributed by atoms with Gasteiger partial charge >= 0.3 is 0 Å². The first-order valence-electron chi connectivity index (χ1n) is 4.98. The number of benzene rings is 1. The molecule has 16 heavy (non-hydrogen) atoms. The lowest BCUT2D eigenvalue weighted by atomic mass is 10.1. The van der Waals surface area contributed by atoms with Gasteiger partial charge in [-0.25, -0.2) is 13.8 Å². The van der Waals surface area contributed by atoms with Crippen LogP contribution in [0.25, 0.3) is 11.1 Å². The Kier molecular flexibility index (Phi) is 2.63. The molecule has 5 heteroatoms. The largest absolute Gasteiger partial charge is 0.441 e. The zero-order valence-corrected chi connectivity index (χ0v) is 8.84. The molecule has 0 amide bonds. The van der Waals surface area contributed by atoms with E-state index in [-0.39, 0.29) is 18.5 Å². The molecular formula is C11H12F2N2O. The molecular weight excluding hydrogens is 214 g/mol. The van der Waals surface area contributed by atoms with Crippen molar-refractivity contribution >= 4 is 11.1 Å². The van der Waals surface area contributed by atoms with Gasteiger partial charge in [-0.1, -0.05) is 6.07 Å². The van der Waals surface area contributed by atoms with E-state index in [0.717, 1.165) is 0 Å². The first kappa shape index (κ1) is 11.0. The molecule has 0 spiro atoms. The third-order valence-corrected chi connectivity index (χ3v) is 2.38. The van der Waals surface area contributed by atoms with Crippen LogP contribution in [0.3, 0.4) is 0 Å². The number of fused-ring (bicyclic) bond motifs is 1. The lowest BCUT2D eigenvalue weighted by molar-refractivity contribution is -0.0106. The predicted molar refractivity (Wildman–Crippen MR) is 56.3 cm³/mol. The Morgan fingerprint density at radius 1 is 1.44 bits per heavy atom. The molecule has 0 fully saturated rings. The predicted octanol–water partition coefficient (Wildman–Crippen LogP) is 2.58. The average Bonchev–Trinajstić information content (AvgIpc) is 2.56. The van der Waals surface area contributed by atoms with Crippen LogP contribution in [0.2, 0.25) is 0 Å². The van der Waals surface area contributed by atoms with Crippen molar-refractivity contribution in [2.24, 2.45) is 5.73 Å². The topological polar surface area (TPSA) is 52.0 Å². The number of oxazole rings is 1. The maximum atomic E-state index is 13.5. The summed E-state index contributed by atoms with van der Waals surface area (Å²) in [5, 5.41) is 0. The molecule has 0 aliphatic heterocycles. The number of halogens is 2. The number of aromatic nitrogens is 1. The first-order chi connectivity index (χ1) is 7.53. The first-order valence-corrected chi connectivity index (χ1v) is 4.98. The van der Waals surface area contributed by atoms with E-state index in [0.29, 0.717) is 17.0 Å². The van der Waals surface area contributed by atoms with Crippen molar-refractivity contribution in [3.8, 4) is 0 Å². The Hall–Kier alpha value is -1.49. The van der Waals surface area contributed by atoms with Crippen LogP contribution in [0.5, 0.6) is 0 Å². The number of nitrogens with zero attached hydrogens (tertiary/aromatic N) is 1. The molecule has 0 bridgehead atoms. The molecule has 86 valence electrons. The molecule has 1 aromatic carbocycles. The van der Waals surface area contributed by atoms with Gasteiger partial charge in [-0.3, -0.25) is 0 Å². The van der Waals surface area contributed by atoms with Crippen LogP contribution in [-0.2, 0) is 5.92 Å². The lowest BCUT2D eigenvalue weighted by Crippen LogP contribution is -2.18. The van der Waals surface area contributed by atoms with Gasteiger partial charge < -0.3 is 10.2 Å². The van der Waals surface area contributed by atoms with E-state index in [9.17, 15) is 8.78 Å². The molecule has 2 aromatic rings. The molecule has 2 rings (SSSR count). The quantitative estimate of drug-likeness (QED) is 0.875. The minimum Gasteiger partial charge on any atom is -0.441 e. The summed E-state index contributed by atoms with van der Waals surface area (Å²) in [6, 6.07) is 4.22. The molecule has 0 radical (unpaired) electrons. The number of hydrogen-bond donors (Lipinski definition) is 1. The van der Waals surface area contributed by atoms with Gasteiger partial charge in [-0.05, 0) is 18.7 Å². The highest BCUT2D eigenvalue weighted by Crippen LogP contribution is 2.32. The van der Waals surface area contributed by atoms with Gasteiger partial charge in [0.1, 0.15) is 5.52 Å². The summed E-state index contributed by atoms with van der Waals surface area (Å²) in [4.78, 5) is 4.05. The highest BCUT2D eigenvalue weighted by molar-refractivity contribution is 5.73. The number of hydrogen-bond acceptors (Lipinski definition) is 3. The van der Waals surface area contributed by atoms with Gasteiger partial charge in [0.2, 0.25) is 0 Å². The molecule has 0 saturated heterocycles. The summed E-state index contributed by atoms with van der Waals surface area (Å²) >= 11 is 0. The van der Waals surface area contributed by atoms with E-state index >= 15 is 0 Å². The van der Waals surface area contributed by atoms with Crippen LogP contribution in [0, 0.1) is 6.92 Å². The van der Waals surface area contributed by atoms with Crippen LogP contribution < -0.4 is 5.73 Å². The van der Waals surface area contributed by atoms with Crippen molar-refractivity contribution in [3.05, 3.63) is 29.7 Å². The van der Waals surface area contributed by atoms with E-state index in [1.54, 1.807) is 6.92 Å². The summed E-state index contributed by atoms with van der Waals surface area (Å²) in [5.74, 6) is -2.45. The standard InChI is InChI=1S/C11H12F2N2O/c1-7-15-9-3-2-8(6-10(9)16-7)11(12,13)4-5-14/h2-3,6H,4-5,14H2,1H3. The van der Waals surface area contributed by atoms with Crippen molar-refractivity contribution in [2.45, 2.75) is 19.3 Å². The Balaban J connectivity index is 2.45. The van der Waals surface area contributed by atoms with Crippen LogP contribution in [0.1, 0.15) is 17.9 Å². The highest BCUT2D eigenvalue weighted by atomic mass is 19.3. The Labute approximate surface area is 91.3 Å². The number of nitrogens with two attached hydrogens (primary N) is 1. The minimum atomic E-state index is -2.91. The smallest absolute Gasteiger partial charge is 0.274 e. The van der Waals surface area contributed by atoms with Crippen molar-refractivity contribution in [2.75, 3.05) is 6.54 Å². The lowest BCUT2D eigenvalue weighted by Gasteiger charge is -2.14. The van der Waals surface area contributed by atoms with Crippen molar-refractivity contribution < 1.29 is 13.2 Å². The Morgan fingerprint density at radius 2 is 2.19 bits per heavy atom. The van der Waals surface area contributed by atoms with Crippen LogP contribution in [0.4, 0.5) is 8.78 Å². The molecule has 2 N–H and O–H groups in total. The number of alkyl halides is 2. The van der Waals surface area contributed by atoms with Gasteiger partial charge in [0, 0.05) is 18.9 Å². The summed E-state index contributed by atoms with van der Waals surface area (Å²) in [6.07, 6.45) is -0.369. The maximum Gasteiger partial charge on any atom is 0.274 e. The minimum absolute atomic E-state index is 0.0551. The molecule has 0 aliphatic rings. The maximum absolute atomic E-state index is 13.5. The van der Waals surface area contributed by atoms with E-state index in [1.165, 1.54) is 18.2 Å². The summed E-state index contributed by atoms with van der Waals surface area (Å²) in [5.41, 5.74) is 6.04. The summed E-state index contributed by atoms with van der Waals surface area (Å²) in [6.45, 7) is 1.62. The highest BCUT2D eigenvalue weighted by Gasteiger charge is 2.30. The molecule has 1 aromatic heterocycles. The third-order valence-electron chi connectivity index (χ3n) is 2.38. The van der Waals surface area contributed by atoms with Crippen LogP contribution in [0.15, 0.2) is 22.6 Å². The molecule has 0 unspecified atom stereocenters. The fourth-order valence-corrected chi connectivity index (χ4v) is 1.59. The van der Waals surface area contributed by atoms with Crippen LogP contribution in [-0.4, -0.2) is 11.5 Å². The fourth-order valence-electron chi connectivity index (χ4n) is 1.59. The molecule has 3 nitrogen and oxygen atoms in total. The van der Waals surface area contributed by atoms with Crippen molar-refractivity contribution in [1.82, 2.24) is 4.98 Å². The molecule has 0 atom stereocenters. The van der Waals surface area contributed by atoms with Crippen molar-refractivity contribution in [3.63, 3.8) is 0 Å². The Morgan fingerprint density at radius 3 is 2.88 bits per heavy atom. The zero-order chi connectivity index (χ0) is 11.8. The van der Waals surface area contributed by atoms with Gasteiger partial charge in [0.05, 0.1) is 0 Å². The van der Waals surface area contributed by atoms with Gasteiger partial charge in [0.25, 0.3) is 5.92 Å². The second-order valence-electron chi connectivity index (χ2n) is 3.66. The summed E-state index contributed by atoms with van der Waals surface area (Å²) < 4.78 is 32.3. The van der Waals surface area contributed by atoms with E-state index in [2.05, 4.69) is 4.98 Å². The SMILES string of the molecule is Cc1nc2ccc(C(F)(F)CCN)cc2o1. The number of aryl methyl sites for hydroxylation is 1. The van der Waals surface area contributed by atoms with E-state index in [1.807, 2.05) is 0 Å². The van der Waals surface area contributed by atoms with Crippen LogP contribution >= 0.6 is 0 Å². The fraction of sp³-hybridized carbons (Fsp3) is 0.364. The average molecular weight is 226 g/mol. The van der Waals surface area contributed by atoms with Gasteiger partial charge in [0.15, 0.2) is 11.5 Å². The summed E-state index contributed by atoms with van der Waals surface area (Å²) in [7, 11) is 0.